The molecule has 0 aliphatic rings. The summed E-state index contributed by atoms with van der Waals surface area (Å²) in [5.41, 5.74) is -1.54. The number of para-hydroxylation sites is 1. The molecular weight excluding hydrogens is 340 g/mol. The van der Waals surface area contributed by atoms with Crippen molar-refractivity contribution < 1.29 is 19.4 Å². The average Bonchev–Trinajstić information content (AvgIpc) is 2.58. The number of carbonyl (C=O) groups excluding carboxylic acids is 1. The van der Waals surface area contributed by atoms with Gasteiger partial charge in [-0.1, -0.05) is 38.3 Å². The number of rotatable bonds is 10. The lowest BCUT2D eigenvalue weighted by Gasteiger charge is -2.15. The van der Waals surface area contributed by atoms with Crippen LogP contribution in [-0.4, -0.2) is 21.9 Å². The SMILES string of the molecule is CC=C(C(=O)OC(C)CCCCCC)c1cccc([N+](=O)[O-])c1[N+](=O)[O-]. The highest BCUT2D eigenvalue weighted by Crippen LogP contribution is 2.35. The van der Waals surface area contributed by atoms with Crippen LogP contribution in [0.3, 0.4) is 0 Å². The first kappa shape index (κ1) is 21.3. The van der Waals surface area contributed by atoms with E-state index >= 15 is 0 Å². The Kier molecular flexibility index (Phi) is 8.41. The molecule has 1 aromatic rings. The predicted octanol–water partition coefficient (Wildman–Crippen LogP) is 4.81. The van der Waals surface area contributed by atoms with Gasteiger partial charge in [-0.3, -0.25) is 20.2 Å². The first-order valence-electron chi connectivity index (χ1n) is 8.62. The second-order valence-corrected chi connectivity index (χ2v) is 5.96. The van der Waals surface area contributed by atoms with E-state index in [0.717, 1.165) is 31.7 Å². The van der Waals surface area contributed by atoms with Crippen LogP contribution in [0.1, 0.15) is 58.4 Å². The number of nitro benzene ring substituents is 2. The minimum absolute atomic E-state index is 0.0548. The van der Waals surface area contributed by atoms with Crippen LogP contribution in [0.25, 0.3) is 5.57 Å². The first-order chi connectivity index (χ1) is 12.3. The van der Waals surface area contributed by atoms with Gasteiger partial charge in [0.1, 0.15) is 0 Å². The summed E-state index contributed by atoms with van der Waals surface area (Å²) in [6, 6.07) is 3.66. The molecule has 0 aromatic heterocycles. The molecule has 0 N–H and O–H groups in total. The summed E-state index contributed by atoms with van der Waals surface area (Å²) in [5, 5.41) is 22.4. The molecule has 0 radical (unpaired) electrons. The Morgan fingerprint density at radius 1 is 1.19 bits per heavy atom. The highest BCUT2D eigenvalue weighted by molar-refractivity contribution is 6.18. The van der Waals surface area contributed by atoms with Crippen molar-refractivity contribution in [3.8, 4) is 0 Å². The highest BCUT2D eigenvalue weighted by Gasteiger charge is 2.32. The number of unbranched alkanes of at least 4 members (excludes halogenated alkanes) is 3. The van der Waals surface area contributed by atoms with Crippen molar-refractivity contribution in [1.82, 2.24) is 0 Å². The van der Waals surface area contributed by atoms with E-state index in [0.29, 0.717) is 6.42 Å². The molecule has 1 atom stereocenters. The number of nitro groups is 2. The molecule has 0 fully saturated rings. The molecule has 0 aliphatic carbocycles. The zero-order valence-electron chi connectivity index (χ0n) is 15.3. The second kappa shape index (κ2) is 10.3. The Bertz CT molecular complexity index is 699. The molecule has 0 bridgehead atoms. The maximum absolute atomic E-state index is 12.4. The van der Waals surface area contributed by atoms with Gasteiger partial charge in [-0.15, -0.1) is 0 Å². The molecular formula is C18H24N2O6. The molecule has 1 rings (SSSR count). The Morgan fingerprint density at radius 2 is 1.88 bits per heavy atom. The van der Waals surface area contributed by atoms with E-state index < -0.39 is 27.2 Å². The molecule has 0 aliphatic heterocycles. The zero-order chi connectivity index (χ0) is 19.7. The Morgan fingerprint density at radius 3 is 2.42 bits per heavy atom. The summed E-state index contributed by atoms with van der Waals surface area (Å²) < 4.78 is 5.37. The summed E-state index contributed by atoms with van der Waals surface area (Å²) in [6.45, 7) is 5.40. The third-order valence-electron chi connectivity index (χ3n) is 3.97. The fraction of sp³-hybridized carbons (Fsp3) is 0.500. The van der Waals surface area contributed by atoms with Gasteiger partial charge in [0.25, 0.3) is 0 Å². The quantitative estimate of drug-likeness (QED) is 0.194. The molecule has 0 spiro atoms. The molecule has 8 nitrogen and oxygen atoms in total. The largest absolute Gasteiger partial charge is 0.459 e. The number of nitrogens with zero attached hydrogens (tertiary/aromatic N) is 2. The van der Waals surface area contributed by atoms with Gasteiger partial charge < -0.3 is 4.74 Å². The van der Waals surface area contributed by atoms with Crippen LogP contribution in [0.4, 0.5) is 11.4 Å². The average molecular weight is 364 g/mol. The van der Waals surface area contributed by atoms with Crippen molar-refractivity contribution in [2.45, 2.75) is 59.0 Å². The molecule has 1 unspecified atom stereocenters. The lowest BCUT2D eigenvalue weighted by atomic mass is 10.0. The van der Waals surface area contributed by atoms with Gasteiger partial charge in [-0.25, -0.2) is 4.79 Å². The monoisotopic (exact) mass is 364 g/mol. The Balaban J connectivity index is 3.02. The van der Waals surface area contributed by atoms with Gasteiger partial charge in [0.2, 0.25) is 0 Å². The van der Waals surface area contributed by atoms with Gasteiger partial charge in [-0.2, -0.15) is 0 Å². The maximum Gasteiger partial charge on any atom is 0.354 e. The molecule has 0 amide bonds. The van der Waals surface area contributed by atoms with Gasteiger partial charge in [0.15, 0.2) is 0 Å². The normalized spacial score (nSPS) is 12.5. The van der Waals surface area contributed by atoms with Gasteiger partial charge >= 0.3 is 17.3 Å². The van der Waals surface area contributed by atoms with Gasteiger partial charge in [-0.05, 0) is 32.8 Å². The highest BCUT2D eigenvalue weighted by atomic mass is 16.6. The zero-order valence-corrected chi connectivity index (χ0v) is 15.3. The molecule has 1 aromatic carbocycles. The summed E-state index contributed by atoms with van der Waals surface area (Å²) in [4.78, 5) is 33.2. The number of carbonyl (C=O) groups is 1. The summed E-state index contributed by atoms with van der Waals surface area (Å²) in [5.74, 6) is -0.723. The number of benzene rings is 1. The van der Waals surface area contributed by atoms with E-state index in [1.807, 2.05) is 0 Å². The lowest BCUT2D eigenvalue weighted by Crippen LogP contribution is -2.17. The van der Waals surface area contributed by atoms with Crippen LogP contribution in [0.15, 0.2) is 24.3 Å². The number of allylic oxidation sites excluding steroid dienone is 1. The minimum atomic E-state index is -0.849. The summed E-state index contributed by atoms with van der Waals surface area (Å²) >= 11 is 0. The van der Waals surface area contributed by atoms with E-state index in [2.05, 4.69) is 6.92 Å². The molecule has 142 valence electrons. The van der Waals surface area contributed by atoms with Crippen molar-refractivity contribution in [1.29, 1.82) is 0 Å². The van der Waals surface area contributed by atoms with E-state index in [4.69, 9.17) is 4.74 Å². The third-order valence-corrected chi connectivity index (χ3v) is 3.97. The van der Waals surface area contributed by atoms with Crippen LogP contribution in [-0.2, 0) is 9.53 Å². The van der Waals surface area contributed by atoms with Crippen LogP contribution in [0.2, 0.25) is 0 Å². The molecule has 26 heavy (non-hydrogen) atoms. The fourth-order valence-corrected chi connectivity index (χ4v) is 2.63. The first-order valence-corrected chi connectivity index (χ1v) is 8.62. The van der Waals surface area contributed by atoms with E-state index in [-0.39, 0.29) is 17.2 Å². The fourth-order valence-electron chi connectivity index (χ4n) is 2.63. The Labute approximate surface area is 152 Å². The predicted molar refractivity (Wildman–Crippen MR) is 97.7 cm³/mol. The molecule has 0 saturated carbocycles. The van der Waals surface area contributed by atoms with Crippen molar-refractivity contribution >= 4 is 22.9 Å². The standard InChI is InChI=1S/C18H24N2O6/c1-4-6-7-8-10-13(3)26-18(21)14(5-2)15-11-9-12-16(19(22)23)17(15)20(24)25/h5,9,11-13H,4,6-8,10H2,1-3H3. The van der Waals surface area contributed by atoms with Crippen LogP contribution in [0, 0.1) is 20.2 Å². The van der Waals surface area contributed by atoms with E-state index in [9.17, 15) is 25.0 Å². The molecule has 0 saturated heterocycles. The second-order valence-electron chi connectivity index (χ2n) is 5.96. The number of hydrogen-bond donors (Lipinski definition) is 0. The van der Waals surface area contributed by atoms with E-state index in [1.54, 1.807) is 6.92 Å². The van der Waals surface area contributed by atoms with E-state index in [1.165, 1.54) is 25.1 Å². The lowest BCUT2D eigenvalue weighted by molar-refractivity contribution is -0.422. The number of hydrogen-bond acceptors (Lipinski definition) is 6. The number of esters is 1. The molecule has 8 heteroatoms. The molecule has 0 heterocycles. The van der Waals surface area contributed by atoms with Crippen molar-refractivity contribution in [3.05, 3.63) is 50.1 Å². The van der Waals surface area contributed by atoms with Crippen molar-refractivity contribution in [2.75, 3.05) is 0 Å². The summed E-state index contributed by atoms with van der Waals surface area (Å²) in [6.07, 6.45) is 5.91. The topological polar surface area (TPSA) is 113 Å². The van der Waals surface area contributed by atoms with Crippen molar-refractivity contribution in [2.24, 2.45) is 0 Å². The van der Waals surface area contributed by atoms with Crippen LogP contribution < -0.4 is 0 Å². The van der Waals surface area contributed by atoms with Gasteiger partial charge in [0, 0.05) is 6.07 Å². The Hall–Kier alpha value is -2.77. The third kappa shape index (κ3) is 5.65. The minimum Gasteiger partial charge on any atom is -0.459 e. The van der Waals surface area contributed by atoms with Crippen LogP contribution in [0.5, 0.6) is 0 Å². The van der Waals surface area contributed by atoms with Gasteiger partial charge in [0.05, 0.1) is 27.1 Å². The smallest absolute Gasteiger partial charge is 0.354 e. The number of ether oxygens (including phenoxy) is 1. The van der Waals surface area contributed by atoms with Crippen LogP contribution >= 0.6 is 0 Å². The maximum atomic E-state index is 12.4. The van der Waals surface area contributed by atoms with Crippen molar-refractivity contribution in [3.63, 3.8) is 0 Å². The summed E-state index contributed by atoms with van der Waals surface area (Å²) in [7, 11) is 0.